The average Bonchev–Trinajstić information content (AvgIpc) is 2.93. The van der Waals surface area contributed by atoms with E-state index >= 15 is 0 Å². The van der Waals surface area contributed by atoms with Crippen LogP contribution in [0.3, 0.4) is 0 Å². The predicted octanol–water partition coefficient (Wildman–Crippen LogP) is 4.38. The highest BCUT2D eigenvalue weighted by atomic mass is 32.2. The Labute approximate surface area is 152 Å². The third-order valence-electron chi connectivity index (χ3n) is 3.03. The van der Waals surface area contributed by atoms with E-state index in [4.69, 9.17) is 9.15 Å². The van der Waals surface area contributed by atoms with E-state index in [2.05, 4.69) is 29.4 Å². The molecule has 1 atom stereocenters. The van der Waals surface area contributed by atoms with Gasteiger partial charge in [0.05, 0.1) is 0 Å². The van der Waals surface area contributed by atoms with Crippen molar-refractivity contribution in [2.45, 2.75) is 63.2 Å². The molecule has 2 rings (SSSR count). The Bertz CT molecular complexity index is 680. The zero-order valence-electron chi connectivity index (χ0n) is 15.3. The molecule has 0 radical (unpaired) electrons. The monoisotopic (exact) mass is 363 g/mol. The first-order valence-electron chi connectivity index (χ1n) is 8.26. The van der Waals surface area contributed by atoms with E-state index in [1.807, 2.05) is 51.1 Å². The Morgan fingerprint density at radius 2 is 1.92 bits per heavy atom. The highest BCUT2D eigenvalue weighted by Crippen LogP contribution is 2.25. The smallest absolute Gasteiger partial charge is 0.408 e. The van der Waals surface area contributed by atoms with Crippen molar-refractivity contribution >= 4 is 17.9 Å². The van der Waals surface area contributed by atoms with Gasteiger partial charge in [0.1, 0.15) is 11.6 Å². The zero-order valence-corrected chi connectivity index (χ0v) is 16.1. The molecule has 0 spiro atoms. The van der Waals surface area contributed by atoms with E-state index in [-0.39, 0.29) is 0 Å². The first kappa shape index (κ1) is 19.3. The van der Waals surface area contributed by atoms with Crippen LogP contribution in [-0.4, -0.2) is 27.1 Å². The second kappa shape index (κ2) is 8.38. The molecule has 1 amide bonds. The van der Waals surface area contributed by atoms with Gasteiger partial charge < -0.3 is 14.5 Å². The summed E-state index contributed by atoms with van der Waals surface area (Å²) in [6, 6.07) is 9.38. The summed E-state index contributed by atoms with van der Waals surface area (Å²) < 4.78 is 11.1. The van der Waals surface area contributed by atoms with Crippen molar-refractivity contribution in [3.8, 4) is 0 Å². The Morgan fingerprint density at radius 1 is 1.24 bits per heavy atom. The van der Waals surface area contributed by atoms with Crippen LogP contribution in [0, 0.1) is 0 Å². The van der Waals surface area contributed by atoms with E-state index in [0.717, 1.165) is 5.56 Å². The van der Waals surface area contributed by atoms with Crippen LogP contribution < -0.4 is 5.32 Å². The maximum absolute atomic E-state index is 12.2. The van der Waals surface area contributed by atoms with E-state index in [1.54, 1.807) is 0 Å². The number of hydrogen-bond donors (Lipinski definition) is 1. The molecule has 0 saturated heterocycles. The van der Waals surface area contributed by atoms with Gasteiger partial charge in [0, 0.05) is 11.7 Å². The number of aromatic nitrogens is 2. The van der Waals surface area contributed by atoms with Crippen LogP contribution in [-0.2, 0) is 11.2 Å². The lowest BCUT2D eigenvalue weighted by Crippen LogP contribution is -2.36. The van der Waals surface area contributed by atoms with Crippen molar-refractivity contribution in [2.24, 2.45) is 0 Å². The number of ether oxygens (including phenoxy) is 1. The van der Waals surface area contributed by atoms with Crippen molar-refractivity contribution in [3.05, 3.63) is 41.8 Å². The topological polar surface area (TPSA) is 77.2 Å². The molecule has 0 unspecified atom stereocenters. The SMILES string of the molecule is CC(C)Sc1nnc([C@@H](Cc2ccccc2)NC(=O)OC(C)(C)C)o1. The van der Waals surface area contributed by atoms with Crippen molar-refractivity contribution < 1.29 is 13.9 Å². The molecule has 1 aromatic carbocycles. The Kier molecular flexibility index (Phi) is 6.47. The minimum absolute atomic E-state index is 0.333. The molecule has 1 N–H and O–H groups in total. The minimum atomic E-state index is -0.575. The molecular formula is C18H25N3O3S. The molecule has 0 aliphatic heterocycles. The van der Waals surface area contributed by atoms with Crippen LogP contribution in [0.1, 0.15) is 52.1 Å². The molecule has 0 fully saturated rings. The number of amides is 1. The molecule has 1 heterocycles. The number of hydrogen-bond acceptors (Lipinski definition) is 6. The molecule has 0 aliphatic rings. The van der Waals surface area contributed by atoms with Crippen molar-refractivity contribution in [1.82, 2.24) is 15.5 Å². The summed E-state index contributed by atoms with van der Waals surface area (Å²) in [5, 5.41) is 11.8. The molecule has 0 aliphatic carbocycles. The lowest BCUT2D eigenvalue weighted by Gasteiger charge is -2.22. The standard InChI is InChI=1S/C18H25N3O3S/c1-12(2)25-17-21-20-15(23-17)14(11-13-9-7-6-8-10-13)19-16(22)24-18(3,4)5/h6-10,12,14H,11H2,1-5H3,(H,19,22)/t14-/m1/s1. The minimum Gasteiger partial charge on any atom is -0.444 e. The van der Waals surface area contributed by atoms with Gasteiger partial charge in [-0.3, -0.25) is 0 Å². The van der Waals surface area contributed by atoms with Gasteiger partial charge in [0.25, 0.3) is 5.22 Å². The lowest BCUT2D eigenvalue weighted by atomic mass is 10.1. The number of benzene rings is 1. The van der Waals surface area contributed by atoms with Crippen LogP contribution in [0.25, 0.3) is 0 Å². The Balaban J connectivity index is 2.16. The number of thioether (sulfide) groups is 1. The number of alkyl carbamates (subject to hydrolysis) is 1. The Hall–Kier alpha value is -2.02. The van der Waals surface area contributed by atoms with Gasteiger partial charge in [-0.05, 0) is 26.3 Å². The summed E-state index contributed by atoms with van der Waals surface area (Å²) in [6.07, 6.45) is 0.0262. The quantitative estimate of drug-likeness (QED) is 0.768. The average molecular weight is 363 g/mol. The van der Waals surface area contributed by atoms with Crippen molar-refractivity contribution in [2.75, 3.05) is 0 Å². The highest BCUT2D eigenvalue weighted by Gasteiger charge is 2.25. The molecule has 136 valence electrons. The first-order chi connectivity index (χ1) is 11.7. The summed E-state index contributed by atoms with van der Waals surface area (Å²) in [5.41, 5.74) is 0.481. The summed E-state index contributed by atoms with van der Waals surface area (Å²) >= 11 is 1.49. The number of carbonyl (C=O) groups excluding carboxylic acids is 1. The van der Waals surface area contributed by atoms with E-state index < -0.39 is 17.7 Å². The maximum Gasteiger partial charge on any atom is 0.408 e. The molecular weight excluding hydrogens is 338 g/mol. The van der Waals surface area contributed by atoms with Crippen LogP contribution in [0.15, 0.2) is 40.0 Å². The summed E-state index contributed by atoms with van der Waals surface area (Å²) in [4.78, 5) is 12.2. The number of rotatable bonds is 6. The van der Waals surface area contributed by atoms with Crippen molar-refractivity contribution in [3.63, 3.8) is 0 Å². The zero-order chi connectivity index (χ0) is 18.4. The Morgan fingerprint density at radius 3 is 2.52 bits per heavy atom. The van der Waals surface area contributed by atoms with Gasteiger partial charge in [-0.1, -0.05) is 55.9 Å². The highest BCUT2D eigenvalue weighted by molar-refractivity contribution is 7.99. The van der Waals surface area contributed by atoms with Gasteiger partial charge in [-0.15, -0.1) is 10.2 Å². The third kappa shape index (κ3) is 6.78. The fourth-order valence-electron chi connectivity index (χ4n) is 2.11. The molecule has 1 aromatic heterocycles. The summed E-state index contributed by atoms with van der Waals surface area (Å²) in [5.74, 6) is 0.373. The normalized spacial score (nSPS) is 12.9. The van der Waals surface area contributed by atoms with Crippen LogP contribution >= 0.6 is 11.8 Å². The molecule has 25 heavy (non-hydrogen) atoms. The van der Waals surface area contributed by atoms with E-state index in [9.17, 15) is 4.79 Å². The first-order valence-corrected chi connectivity index (χ1v) is 9.14. The van der Waals surface area contributed by atoms with Crippen LogP contribution in [0.5, 0.6) is 0 Å². The molecule has 6 nitrogen and oxygen atoms in total. The van der Waals surface area contributed by atoms with Gasteiger partial charge in [-0.2, -0.15) is 0 Å². The number of nitrogens with zero attached hydrogens (tertiary/aromatic N) is 2. The van der Waals surface area contributed by atoms with Crippen LogP contribution in [0.2, 0.25) is 0 Å². The molecule has 2 aromatic rings. The number of nitrogens with one attached hydrogen (secondary N) is 1. The van der Waals surface area contributed by atoms with Crippen LogP contribution in [0.4, 0.5) is 4.79 Å². The van der Waals surface area contributed by atoms with Gasteiger partial charge in [0.2, 0.25) is 5.89 Å². The van der Waals surface area contributed by atoms with Gasteiger partial charge in [0.15, 0.2) is 0 Å². The number of carbonyl (C=O) groups is 1. The van der Waals surface area contributed by atoms with Gasteiger partial charge >= 0.3 is 6.09 Å². The molecule has 0 bridgehead atoms. The second-order valence-electron chi connectivity index (χ2n) is 6.96. The fraction of sp³-hybridized carbons (Fsp3) is 0.500. The summed E-state index contributed by atoms with van der Waals surface area (Å²) in [7, 11) is 0. The van der Waals surface area contributed by atoms with E-state index in [0.29, 0.717) is 22.8 Å². The molecule has 7 heteroatoms. The predicted molar refractivity (Wildman–Crippen MR) is 97.5 cm³/mol. The molecule has 0 saturated carbocycles. The lowest BCUT2D eigenvalue weighted by molar-refractivity contribution is 0.0494. The third-order valence-corrected chi connectivity index (χ3v) is 3.87. The second-order valence-corrected chi connectivity index (χ2v) is 8.49. The fourth-order valence-corrected chi connectivity index (χ4v) is 2.73. The maximum atomic E-state index is 12.2. The van der Waals surface area contributed by atoms with Gasteiger partial charge in [-0.25, -0.2) is 4.79 Å². The largest absolute Gasteiger partial charge is 0.444 e. The van der Waals surface area contributed by atoms with E-state index in [1.165, 1.54) is 11.8 Å². The summed E-state index contributed by atoms with van der Waals surface area (Å²) in [6.45, 7) is 9.57. The van der Waals surface area contributed by atoms with Crippen molar-refractivity contribution in [1.29, 1.82) is 0 Å².